The van der Waals surface area contributed by atoms with Gasteiger partial charge in [-0.25, -0.2) is 0 Å². The summed E-state index contributed by atoms with van der Waals surface area (Å²) in [6, 6.07) is 10.3. The van der Waals surface area contributed by atoms with E-state index in [1.54, 1.807) is 16.2 Å². The molecule has 6 heteroatoms. The fraction of sp³-hybridized carbons (Fsp3) is 0.455. The van der Waals surface area contributed by atoms with Gasteiger partial charge in [0, 0.05) is 18.0 Å². The highest BCUT2D eigenvalue weighted by Gasteiger charge is 2.34. The lowest BCUT2D eigenvalue weighted by Gasteiger charge is -2.38. The first-order chi connectivity index (χ1) is 13.6. The molecule has 1 aromatic carbocycles. The molecule has 4 nitrogen and oxygen atoms in total. The smallest absolute Gasteiger partial charge is 0.242 e. The van der Waals surface area contributed by atoms with Crippen LogP contribution in [0.2, 0.25) is 0 Å². The molecule has 2 aromatic rings. The van der Waals surface area contributed by atoms with Gasteiger partial charge in [0.15, 0.2) is 0 Å². The Bertz CT molecular complexity index is 835. The third kappa shape index (κ3) is 4.41. The maximum absolute atomic E-state index is 13.3. The number of carbonyl (C=O) groups excluding carboxylic acids is 2. The van der Waals surface area contributed by atoms with Crippen LogP contribution in [0.15, 0.2) is 35.7 Å². The lowest BCUT2D eigenvalue weighted by molar-refractivity contribution is -0.140. The Labute approximate surface area is 176 Å². The Morgan fingerprint density at radius 2 is 2.04 bits per heavy atom. The number of carbonyl (C=O) groups is 2. The van der Waals surface area contributed by atoms with Gasteiger partial charge in [0.25, 0.3) is 0 Å². The Balaban J connectivity index is 1.89. The van der Waals surface area contributed by atoms with Crippen LogP contribution in [0.5, 0.6) is 0 Å². The van der Waals surface area contributed by atoms with Gasteiger partial charge in [-0.2, -0.15) is 0 Å². The van der Waals surface area contributed by atoms with Gasteiger partial charge in [-0.05, 0) is 47.9 Å². The summed E-state index contributed by atoms with van der Waals surface area (Å²) in [5, 5.41) is 2.11. The first-order valence-electron chi connectivity index (χ1n) is 9.81. The molecule has 2 heterocycles. The number of thiophene rings is 1. The first-order valence-corrected chi connectivity index (χ1v) is 11.2. The summed E-state index contributed by atoms with van der Waals surface area (Å²) >= 11 is 7.53. The molecule has 1 atom stereocenters. The molecular weight excluding hydrogens is 392 g/mol. The normalized spacial score (nSPS) is 16.0. The van der Waals surface area contributed by atoms with Gasteiger partial charge in [-0.3, -0.25) is 9.59 Å². The SMILES string of the molecule is CCCCN(CC(=O)N1CCc2sccc2[C@H]1c1ccccc1C)C(=O)CCl. The molecule has 150 valence electrons. The Morgan fingerprint density at radius 3 is 2.75 bits per heavy atom. The molecule has 0 saturated carbocycles. The fourth-order valence-electron chi connectivity index (χ4n) is 3.79. The average molecular weight is 419 g/mol. The number of unbranched alkanes of at least 4 members (excludes halogenated alkanes) is 1. The van der Waals surface area contributed by atoms with E-state index in [0.29, 0.717) is 13.1 Å². The second-order valence-corrected chi connectivity index (χ2v) is 8.47. The van der Waals surface area contributed by atoms with Crippen LogP contribution < -0.4 is 0 Å². The molecule has 0 radical (unpaired) electrons. The summed E-state index contributed by atoms with van der Waals surface area (Å²) < 4.78 is 0. The number of aryl methyl sites for hydroxylation is 1. The number of amides is 2. The summed E-state index contributed by atoms with van der Waals surface area (Å²) in [5.74, 6) is -0.281. The predicted octanol–water partition coefficient (Wildman–Crippen LogP) is 4.40. The van der Waals surface area contributed by atoms with E-state index >= 15 is 0 Å². The Kier molecular flexibility index (Phi) is 7.13. The molecule has 0 aliphatic carbocycles. The number of alkyl halides is 1. The number of benzene rings is 1. The van der Waals surface area contributed by atoms with Crippen molar-refractivity contribution in [1.29, 1.82) is 0 Å². The number of hydrogen-bond acceptors (Lipinski definition) is 3. The van der Waals surface area contributed by atoms with Gasteiger partial charge in [-0.15, -0.1) is 22.9 Å². The maximum Gasteiger partial charge on any atom is 0.242 e. The van der Waals surface area contributed by atoms with Crippen molar-refractivity contribution in [3.8, 4) is 0 Å². The van der Waals surface area contributed by atoms with Gasteiger partial charge >= 0.3 is 0 Å². The van der Waals surface area contributed by atoms with Crippen molar-refractivity contribution in [2.75, 3.05) is 25.5 Å². The number of rotatable bonds is 7. The molecule has 0 unspecified atom stereocenters. The minimum atomic E-state index is -0.177. The molecule has 28 heavy (non-hydrogen) atoms. The third-order valence-corrected chi connectivity index (χ3v) is 6.57. The van der Waals surface area contributed by atoms with Gasteiger partial charge in [0.2, 0.25) is 11.8 Å². The number of fused-ring (bicyclic) bond motifs is 1. The van der Waals surface area contributed by atoms with E-state index in [-0.39, 0.29) is 30.3 Å². The monoisotopic (exact) mass is 418 g/mol. The minimum absolute atomic E-state index is 0.0142. The quantitative estimate of drug-likeness (QED) is 0.625. The minimum Gasteiger partial charge on any atom is -0.332 e. The zero-order valence-electron chi connectivity index (χ0n) is 16.5. The van der Waals surface area contributed by atoms with Crippen molar-refractivity contribution in [1.82, 2.24) is 9.80 Å². The van der Waals surface area contributed by atoms with Crippen LogP contribution in [-0.2, 0) is 16.0 Å². The number of nitrogens with zero attached hydrogens (tertiary/aromatic N) is 2. The zero-order valence-corrected chi connectivity index (χ0v) is 18.1. The highest BCUT2D eigenvalue weighted by atomic mass is 35.5. The molecule has 0 saturated heterocycles. The highest BCUT2D eigenvalue weighted by Crippen LogP contribution is 2.38. The molecule has 0 bridgehead atoms. The van der Waals surface area contributed by atoms with Crippen LogP contribution >= 0.6 is 22.9 Å². The molecule has 2 amide bonds. The Hall–Kier alpha value is -1.85. The molecule has 0 fully saturated rings. The van der Waals surface area contributed by atoms with Crippen LogP contribution in [0, 0.1) is 6.92 Å². The molecular formula is C22H27ClN2O2S. The second-order valence-electron chi connectivity index (χ2n) is 7.20. The van der Waals surface area contributed by atoms with E-state index < -0.39 is 0 Å². The fourth-order valence-corrected chi connectivity index (χ4v) is 4.87. The van der Waals surface area contributed by atoms with Gasteiger partial charge < -0.3 is 9.80 Å². The average Bonchev–Trinajstić information content (AvgIpc) is 3.19. The lowest BCUT2D eigenvalue weighted by atomic mass is 9.90. The summed E-state index contributed by atoms with van der Waals surface area (Å²) in [6.45, 7) is 5.49. The number of hydrogen-bond donors (Lipinski definition) is 0. The zero-order chi connectivity index (χ0) is 20.1. The van der Waals surface area contributed by atoms with E-state index in [1.807, 2.05) is 17.0 Å². The second kappa shape index (κ2) is 9.57. The largest absolute Gasteiger partial charge is 0.332 e. The predicted molar refractivity (Wildman–Crippen MR) is 115 cm³/mol. The van der Waals surface area contributed by atoms with Crippen molar-refractivity contribution in [3.05, 3.63) is 57.3 Å². The van der Waals surface area contributed by atoms with Crippen molar-refractivity contribution >= 4 is 34.8 Å². The van der Waals surface area contributed by atoms with Crippen molar-refractivity contribution in [2.45, 2.75) is 39.2 Å². The lowest BCUT2D eigenvalue weighted by Crippen LogP contribution is -2.47. The van der Waals surface area contributed by atoms with E-state index in [2.05, 4.69) is 37.4 Å². The van der Waals surface area contributed by atoms with Gasteiger partial charge in [-0.1, -0.05) is 37.6 Å². The summed E-state index contributed by atoms with van der Waals surface area (Å²) in [7, 11) is 0. The standard InChI is InChI=1S/C22H27ClN2O2S/c1-3-4-11-24(20(26)14-23)15-21(27)25-12-9-19-18(10-13-28-19)22(25)17-8-6-5-7-16(17)2/h5-8,10,13,22H,3-4,9,11-12,14-15H2,1-2H3/t22-/m1/s1. The van der Waals surface area contributed by atoms with E-state index in [4.69, 9.17) is 11.6 Å². The van der Waals surface area contributed by atoms with Crippen molar-refractivity contribution in [3.63, 3.8) is 0 Å². The van der Waals surface area contributed by atoms with Crippen LogP contribution in [-0.4, -0.2) is 47.1 Å². The van der Waals surface area contributed by atoms with E-state index in [0.717, 1.165) is 24.8 Å². The van der Waals surface area contributed by atoms with E-state index in [1.165, 1.54) is 16.0 Å². The van der Waals surface area contributed by atoms with Gasteiger partial charge in [0.05, 0.1) is 12.6 Å². The third-order valence-electron chi connectivity index (χ3n) is 5.34. The summed E-state index contributed by atoms with van der Waals surface area (Å²) in [5.41, 5.74) is 3.53. The van der Waals surface area contributed by atoms with Crippen molar-refractivity contribution < 1.29 is 9.59 Å². The molecule has 1 aliphatic heterocycles. The summed E-state index contributed by atoms with van der Waals surface area (Å²) in [6.07, 6.45) is 2.69. The highest BCUT2D eigenvalue weighted by molar-refractivity contribution is 7.10. The van der Waals surface area contributed by atoms with Gasteiger partial charge in [0.1, 0.15) is 5.88 Å². The molecule has 1 aliphatic rings. The number of halogens is 1. The van der Waals surface area contributed by atoms with Crippen molar-refractivity contribution in [2.24, 2.45) is 0 Å². The molecule has 0 N–H and O–H groups in total. The Morgan fingerprint density at radius 1 is 1.25 bits per heavy atom. The molecule has 3 rings (SSSR count). The van der Waals surface area contributed by atoms with Crippen LogP contribution in [0.3, 0.4) is 0 Å². The van der Waals surface area contributed by atoms with Crippen LogP contribution in [0.25, 0.3) is 0 Å². The van der Waals surface area contributed by atoms with Crippen LogP contribution in [0.4, 0.5) is 0 Å². The topological polar surface area (TPSA) is 40.6 Å². The van der Waals surface area contributed by atoms with E-state index in [9.17, 15) is 9.59 Å². The first kappa shape index (κ1) is 20.9. The summed E-state index contributed by atoms with van der Waals surface area (Å²) in [4.78, 5) is 30.4. The van der Waals surface area contributed by atoms with Crippen LogP contribution in [0.1, 0.15) is 47.4 Å². The molecule has 0 spiro atoms. The maximum atomic E-state index is 13.3. The molecule has 1 aromatic heterocycles.